The van der Waals surface area contributed by atoms with Crippen LogP contribution in [0.15, 0.2) is 11.6 Å². The number of hydrogen-bond acceptors (Lipinski definition) is 4. The molecule has 2 aliphatic heterocycles. The van der Waals surface area contributed by atoms with Crippen LogP contribution in [0.25, 0.3) is 0 Å². The second kappa shape index (κ2) is 5.43. The van der Waals surface area contributed by atoms with Gasteiger partial charge in [-0.15, -0.1) is 0 Å². The molecule has 0 aromatic heterocycles. The van der Waals surface area contributed by atoms with E-state index in [0.717, 1.165) is 12.8 Å². The summed E-state index contributed by atoms with van der Waals surface area (Å²) in [6.07, 6.45) is 4.32. The second-order valence-corrected chi connectivity index (χ2v) is 6.90. The van der Waals surface area contributed by atoms with Gasteiger partial charge in [-0.1, -0.05) is 11.6 Å². The summed E-state index contributed by atoms with van der Waals surface area (Å²) in [6.45, 7) is 4.79. The van der Waals surface area contributed by atoms with Gasteiger partial charge in [0.1, 0.15) is 5.92 Å². The van der Waals surface area contributed by atoms with Crippen LogP contribution in [0.1, 0.15) is 26.7 Å². The summed E-state index contributed by atoms with van der Waals surface area (Å²) in [5.74, 6) is 0.192. The van der Waals surface area contributed by atoms with Crippen molar-refractivity contribution < 1.29 is 14.3 Å². The number of fused-ring (bicyclic) bond motifs is 2. The van der Waals surface area contributed by atoms with Crippen molar-refractivity contribution in [2.24, 2.45) is 11.8 Å². The van der Waals surface area contributed by atoms with Crippen LogP contribution in [0.3, 0.4) is 0 Å². The van der Waals surface area contributed by atoms with Crippen molar-refractivity contribution in [2.75, 3.05) is 18.9 Å². The average molecular weight is 295 g/mol. The van der Waals surface area contributed by atoms with Gasteiger partial charge in [-0.3, -0.25) is 9.59 Å². The first kappa shape index (κ1) is 14.0. The molecule has 110 valence electrons. The minimum absolute atomic E-state index is 0.0199. The van der Waals surface area contributed by atoms with Gasteiger partial charge >= 0.3 is 5.97 Å². The topological polar surface area (TPSA) is 46.6 Å². The molecule has 0 bridgehead atoms. The van der Waals surface area contributed by atoms with Crippen LogP contribution in [0.5, 0.6) is 0 Å². The molecule has 1 amide bonds. The van der Waals surface area contributed by atoms with E-state index in [-0.39, 0.29) is 23.8 Å². The number of hydrogen-bond donors (Lipinski definition) is 0. The summed E-state index contributed by atoms with van der Waals surface area (Å²) in [5, 5.41) is 0.555. The highest BCUT2D eigenvalue weighted by atomic mass is 32.2. The van der Waals surface area contributed by atoms with Gasteiger partial charge in [0.25, 0.3) is 0 Å². The van der Waals surface area contributed by atoms with Crippen LogP contribution < -0.4 is 0 Å². The molecule has 2 saturated heterocycles. The van der Waals surface area contributed by atoms with Crippen molar-refractivity contribution in [1.29, 1.82) is 0 Å². The maximum absolute atomic E-state index is 12.5. The van der Waals surface area contributed by atoms with Crippen LogP contribution in [-0.4, -0.2) is 47.0 Å². The predicted octanol–water partition coefficient (Wildman–Crippen LogP) is 1.85. The lowest BCUT2D eigenvalue weighted by molar-refractivity contribution is -0.153. The van der Waals surface area contributed by atoms with E-state index in [4.69, 9.17) is 4.74 Å². The molecule has 4 nitrogen and oxygen atoms in total. The van der Waals surface area contributed by atoms with Gasteiger partial charge in [0.05, 0.1) is 6.61 Å². The second-order valence-electron chi connectivity index (χ2n) is 5.59. The van der Waals surface area contributed by atoms with Gasteiger partial charge in [0, 0.05) is 23.8 Å². The molecule has 0 N–H and O–H groups in total. The smallest absolute Gasteiger partial charge is 0.319 e. The molecule has 0 aromatic carbocycles. The Bertz CT molecular complexity index is 462. The number of carbonyl (C=O) groups excluding carboxylic acids is 2. The van der Waals surface area contributed by atoms with Gasteiger partial charge in [-0.25, -0.2) is 0 Å². The van der Waals surface area contributed by atoms with E-state index in [1.165, 1.54) is 11.3 Å². The highest BCUT2D eigenvalue weighted by Crippen LogP contribution is 2.46. The third-order valence-electron chi connectivity index (χ3n) is 4.65. The van der Waals surface area contributed by atoms with Crippen LogP contribution in [-0.2, 0) is 14.3 Å². The maximum Gasteiger partial charge on any atom is 0.319 e. The summed E-state index contributed by atoms with van der Waals surface area (Å²) in [6, 6.07) is 0.182. The molecule has 0 radical (unpaired) electrons. The minimum Gasteiger partial charge on any atom is -0.465 e. The summed E-state index contributed by atoms with van der Waals surface area (Å²) < 4.78 is 5.13. The average Bonchev–Trinajstić information content (AvgIpc) is 2.97. The Labute approximate surface area is 123 Å². The molecule has 5 heteroatoms. The summed E-state index contributed by atoms with van der Waals surface area (Å²) in [5.41, 5.74) is 1.44. The molecule has 3 aliphatic rings. The van der Waals surface area contributed by atoms with E-state index < -0.39 is 5.92 Å². The van der Waals surface area contributed by atoms with Gasteiger partial charge in [-0.2, -0.15) is 11.8 Å². The van der Waals surface area contributed by atoms with Gasteiger partial charge < -0.3 is 9.64 Å². The number of amides is 1. The first-order chi connectivity index (χ1) is 9.67. The van der Waals surface area contributed by atoms with Crippen LogP contribution >= 0.6 is 11.8 Å². The molecular weight excluding hydrogens is 274 g/mol. The summed E-state index contributed by atoms with van der Waals surface area (Å²) >= 11 is 1.99. The maximum atomic E-state index is 12.5. The van der Waals surface area contributed by atoms with Crippen molar-refractivity contribution in [1.82, 2.24) is 4.90 Å². The number of ether oxygens (including phenoxy) is 1. The van der Waals surface area contributed by atoms with Crippen molar-refractivity contribution in [3.8, 4) is 0 Å². The lowest BCUT2D eigenvalue weighted by Gasteiger charge is -2.32. The number of nitrogens with zero attached hydrogens (tertiary/aromatic N) is 1. The molecule has 4 unspecified atom stereocenters. The normalized spacial score (nSPS) is 35.6. The number of thioether (sulfide) groups is 1. The zero-order chi connectivity index (χ0) is 14.3. The van der Waals surface area contributed by atoms with E-state index in [2.05, 4.69) is 6.08 Å². The lowest BCUT2D eigenvalue weighted by atomic mass is 9.80. The lowest BCUT2D eigenvalue weighted by Crippen LogP contribution is -2.38. The fourth-order valence-electron chi connectivity index (χ4n) is 3.77. The van der Waals surface area contributed by atoms with Gasteiger partial charge in [-0.05, 0) is 32.4 Å². The van der Waals surface area contributed by atoms with E-state index in [0.29, 0.717) is 18.4 Å². The molecule has 0 spiro atoms. The molecule has 0 aromatic rings. The monoisotopic (exact) mass is 295 g/mol. The number of carbonyl (C=O) groups is 2. The zero-order valence-electron chi connectivity index (χ0n) is 12.0. The van der Waals surface area contributed by atoms with Gasteiger partial charge in [0.15, 0.2) is 0 Å². The van der Waals surface area contributed by atoms with Crippen LogP contribution in [0, 0.1) is 11.8 Å². The first-order valence-corrected chi connectivity index (χ1v) is 8.51. The van der Waals surface area contributed by atoms with E-state index in [9.17, 15) is 9.59 Å². The Kier molecular flexibility index (Phi) is 3.80. The predicted molar refractivity (Wildman–Crippen MR) is 78.4 cm³/mol. The Morgan fingerprint density at radius 3 is 3.00 bits per heavy atom. The fraction of sp³-hybridized carbons (Fsp3) is 0.733. The quantitative estimate of drug-likeness (QED) is 0.453. The largest absolute Gasteiger partial charge is 0.465 e. The molecule has 2 fully saturated rings. The van der Waals surface area contributed by atoms with Crippen molar-refractivity contribution in [3.05, 3.63) is 11.6 Å². The molecule has 2 heterocycles. The summed E-state index contributed by atoms with van der Waals surface area (Å²) in [7, 11) is 0. The van der Waals surface area contributed by atoms with E-state index in [1.807, 2.05) is 23.6 Å². The van der Waals surface area contributed by atoms with Gasteiger partial charge in [0.2, 0.25) is 5.91 Å². The summed E-state index contributed by atoms with van der Waals surface area (Å²) in [4.78, 5) is 26.6. The van der Waals surface area contributed by atoms with Crippen molar-refractivity contribution >= 4 is 23.6 Å². The molecule has 1 aliphatic carbocycles. The molecule has 20 heavy (non-hydrogen) atoms. The highest BCUT2D eigenvalue weighted by molar-refractivity contribution is 8.00. The SMILES string of the molecule is CCOC(=O)C1C(=O)N(CC)C2CC3SCCC3=CC12. The van der Waals surface area contributed by atoms with Crippen molar-refractivity contribution in [3.63, 3.8) is 0 Å². The van der Waals surface area contributed by atoms with E-state index in [1.54, 1.807) is 6.92 Å². The Morgan fingerprint density at radius 2 is 2.30 bits per heavy atom. The van der Waals surface area contributed by atoms with Crippen molar-refractivity contribution in [2.45, 2.75) is 38.0 Å². The third-order valence-corrected chi connectivity index (χ3v) is 5.98. The standard InChI is InChI=1S/C15H21NO3S/c1-3-16-11-8-12-9(5-6-20-12)7-10(11)13(14(16)17)15(18)19-4-2/h7,10-13H,3-6,8H2,1-2H3. The molecule has 0 saturated carbocycles. The number of rotatable bonds is 3. The molecule has 4 atom stereocenters. The molecular formula is C15H21NO3S. The molecule has 3 rings (SSSR count). The fourth-order valence-corrected chi connectivity index (χ4v) is 5.15. The Hall–Kier alpha value is -0.970. The highest BCUT2D eigenvalue weighted by Gasteiger charge is 2.53. The number of esters is 1. The number of likely N-dealkylation sites (tertiary alicyclic amines) is 1. The Balaban J connectivity index is 1.92. The Morgan fingerprint density at radius 1 is 1.50 bits per heavy atom. The zero-order valence-corrected chi connectivity index (χ0v) is 12.8. The van der Waals surface area contributed by atoms with Crippen LogP contribution in [0.2, 0.25) is 0 Å². The third kappa shape index (κ3) is 2.07. The minimum atomic E-state index is -0.612. The van der Waals surface area contributed by atoms with E-state index >= 15 is 0 Å². The first-order valence-electron chi connectivity index (χ1n) is 7.46. The van der Waals surface area contributed by atoms with Crippen LogP contribution in [0.4, 0.5) is 0 Å².